The summed E-state index contributed by atoms with van der Waals surface area (Å²) in [5.74, 6) is -0.164. The van der Waals surface area contributed by atoms with E-state index in [1.807, 2.05) is 55.5 Å². The number of aryl methyl sites for hydroxylation is 1. The fraction of sp³-hybridized carbons (Fsp3) is 0.458. The molecule has 0 radical (unpaired) electrons. The number of carbonyl (C=O) groups excluding carboxylic acids is 1. The van der Waals surface area contributed by atoms with E-state index in [-0.39, 0.29) is 11.9 Å². The van der Waals surface area contributed by atoms with Gasteiger partial charge in [-0.15, -0.1) is 0 Å². The van der Waals surface area contributed by atoms with E-state index in [0.717, 1.165) is 30.4 Å². The standard InChI is InChI=1S/C24H33NO3/c1-4-5-7-12-23(26)22-15-18(2)13-14-21(22)24(27)25-20(17-28-3)16-19-10-8-6-9-11-19/h6,8-11,13-15,20,23,26H,4-5,7,12,16-17H2,1-3H3,(H,25,27)/t20-,23-/m0/s1. The molecule has 28 heavy (non-hydrogen) atoms. The van der Waals surface area contributed by atoms with Crippen molar-refractivity contribution in [2.45, 2.75) is 58.1 Å². The zero-order valence-corrected chi connectivity index (χ0v) is 17.3. The Hall–Kier alpha value is -2.17. The SMILES string of the molecule is CCCCC[C@H](O)c1cc(C)ccc1C(=O)N[C@H](COC)Cc1ccccc1. The van der Waals surface area contributed by atoms with E-state index in [9.17, 15) is 9.90 Å². The van der Waals surface area contributed by atoms with Gasteiger partial charge in [-0.05, 0) is 37.0 Å². The van der Waals surface area contributed by atoms with E-state index in [2.05, 4.69) is 12.2 Å². The molecule has 0 fully saturated rings. The van der Waals surface area contributed by atoms with Crippen molar-refractivity contribution >= 4 is 5.91 Å². The Bertz CT molecular complexity index is 730. The number of nitrogens with one attached hydrogen (secondary N) is 1. The summed E-state index contributed by atoms with van der Waals surface area (Å²) in [6.07, 6.45) is 3.88. The number of hydrogen-bond acceptors (Lipinski definition) is 3. The molecule has 0 aliphatic heterocycles. The van der Waals surface area contributed by atoms with Gasteiger partial charge in [0.1, 0.15) is 0 Å². The maximum atomic E-state index is 13.0. The molecule has 2 rings (SSSR count). The summed E-state index contributed by atoms with van der Waals surface area (Å²) in [6.45, 7) is 4.55. The summed E-state index contributed by atoms with van der Waals surface area (Å²) in [5, 5.41) is 13.8. The predicted octanol–water partition coefficient (Wildman–Crippen LogP) is 4.60. The minimum atomic E-state index is -0.623. The molecule has 2 atom stereocenters. The van der Waals surface area contributed by atoms with E-state index in [1.54, 1.807) is 7.11 Å². The van der Waals surface area contributed by atoms with Gasteiger partial charge < -0.3 is 15.2 Å². The van der Waals surface area contributed by atoms with Gasteiger partial charge in [-0.25, -0.2) is 0 Å². The molecule has 2 aromatic carbocycles. The van der Waals surface area contributed by atoms with Crippen molar-refractivity contribution in [3.05, 3.63) is 70.8 Å². The van der Waals surface area contributed by atoms with Crippen LogP contribution in [0.5, 0.6) is 0 Å². The number of amides is 1. The second-order valence-electron chi connectivity index (χ2n) is 7.42. The number of unbranched alkanes of at least 4 members (excludes halogenated alkanes) is 2. The molecule has 2 aromatic rings. The van der Waals surface area contributed by atoms with Crippen LogP contribution in [0.3, 0.4) is 0 Å². The molecule has 152 valence electrons. The van der Waals surface area contributed by atoms with E-state index in [1.165, 1.54) is 0 Å². The third kappa shape index (κ3) is 6.77. The Balaban J connectivity index is 2.14. The number of hydrogen-bond donors (Lipinski definition) is 2. The van der Waals surface area contributed by atoms with Crippen molar-refractivity contribution < 1.29 is 14.6 Å². The Morgan fingerprint density at radius 3 is 2.57 bits per heavy atom. The first-order valence-corrected chi connectivity index (χ1v) is 10.2. The monoisotopic (exact) mass is 383 g/mol. The molecule has 0 heterocycles. The van der Waals surface area contributed by atoms with E-state index < -0.39 is 6.10 Å². The molecule has 4 heteroatoms. The highest BCUT2D eigenvalue weighted by molar-refractivity contribution is 5.96. The topological polar surface area (TPSA) is 58.6 Å². The molecule has 2 N–H and O–H groups in total. The smallest absolute Gasteiger partial charge is 0.251 e. The zero-order valence-electron chi connectivity index (χ0n) is 17.3. The molecule has 4 nitrogen and oxygen atoms in total. The summed E-state index contributed by atoms with van der Waals surface area (Å²) in [4.78, 5) is 13.0. The quantitative estimate of drug-likeness (QED) is 0.558. The first-order chi connectivity index (χ1) is 13.5. The minimum absolute atomic E-state index is 0.133. The summed E-state index contributed by atoms with van der Waals surface area (Å²) >= 11 is 0. The number of aliphatic hydroxyl groups excluding tert-OH is 1. The number of methoxy groups -OCH3 is 1. The molecule has 1 amide bonds. The lowest BCUT2D eigenvalue weighted by Crippen LogP contribution is -2.40. The van der Waals surface area contributed by atoms with Crippen LogP contribution in [0.1, 0.15) is 65.8 Å². The van der Waals surface area contributed by atoms with Gasteiger partial charge >= 0.3 is 0 Å². The number of carbonyl (C=O) groups is 1. The van der Waals surface area contributed by atoms with Crippen molar-refractivity contribution in [1.82, 2.24) is 5.32 Å². The van der Waals surface area contributed by atoms with Crippen LogP contribution >= 0.6 is 0 Å². The van der Waals surface area contributed by atoms with Crippen LogP contribution in [0.15, 0.2) is 48.5 Å². The highest BCUT2D eigenvalue weighted by atomic mass is 16.5. The number of benzene rings is 2. The molecule has 0 aliphatic carbocycles. The number of rotatable bonds is 11. The first-order valence-electron chi connectivity index (χ1n) is 10.2. The van der Waals surface area contributed by atoms with Crippen molar-refractivity contribution in [2.75, 3.05) is 13.7 Å². The van der Waals surface area contributed by atoms with Crippen molar-refractivity contribution in [3.63, 3.8) is 0 Å². The number of aliphatic hydroxyl groups is 1. The van der Waals surface area contributed by atoms with Gasteiger partial charge in [-0.2, -0.15) is 0 Å². The van der Waals surface area contributed by atoms with E-state index in [0.29, 0.717) is 30.6 Å². The van der Waals surface area contributed by atoms with Gasteiger partial charge in [0.05, 0.1) is 18.8 Å². The van der Waals surface area contributed by atoms with Crippen LogP contribution in [-0.4, -0.2) is 30.8 Å². The lowest BCUT2D eigenvalue weighted by atomic mass is 9.95. The summed E-state index contributed by atoms with van der Waals surface area (Å²) in [5.41, 5.74) is 3.45. The third-order valence-electron chi connectivity index (χ3n) is 4.92. The number of ether oxygens (including phenoxy) is 1. The second kappa shape index (κ2) is 11.6. The fourth-order valence-corrected chi connectivity index (χ4v) is 3.42. The van der Waals surface area contributed by atoms with Gasteiger partial charge in [0.25, 0.3) is 5.91 Å². The maximum absolute atomic E-state index is 13.0. The van der Waals surface area contributed by atoms with Crippen LogP contribution in [-0.2, 0) is 11.2 Å². The lowest BCUT2D eigenvalue weighted by molar-refractivity contribution is 0.0888. The first kappa shape index (κ1) is 22.1. The second-order valence-corrected chi connectivity index (χ2v) is 7.42. The van der Waals surface area contributed by atoms with E-state index in [4.69, 9.17) is 4.74 Å². The molecule has 0 saturated heterocycles. The normalized spacial score (nSPS) is 13.1. The maximum Gasteiger partial charge on any atom is 0.251 e. The zero-order chi connectivity index (χ0) is 20.4. The largest absolute Gasteiger partial charge is 0.388 e. The van der Waals surface area contributed by atoms with Crippen molar-refractivity contribution in [1.29, 1.82) is 0 Å². The lowest BCUT2D eigenvalue weighted by Gasteiger charge is -2.21. The fourth-order valence-electron chi connectivity index (χ4n) is 3.42. The Labute approximate surface area is 168 Å². The molecule has 0 bridgehead atoms. The van der Waals surface area contributed by atoms with Crippen LogP contribution < -0.4 is 5.32 Å². The Kier molecular flexibility index (Phi) is 9.18. The summed E-state index contributed by atoms with van der Waals surface area (Å²) in [6, 6.07) is 15.6. The molecule has 0 spiro atoms. The minimum Gasteiger partial charge on any atom is -0.388 e. The molecule has 0 aromatic heterocycles. The van der Waals surface area contributed by atoms with Crippen molar-refractivity contribution in [2.24, 2.45) is 0 Å². The van der Waals surface area contributed by atoms with Gasteiger partial charge in [0.2, 0.25) is 0 Å². The van der Waals surface area contributed by atoms with Crippen LogP contribution in [0.4, 0.5) is 0 Å². The van der Waals surface area contributed by atoms with Gasteiger partial charge in [-0.3, -0.25) is 4.79 Å². The highest BCUT2D eigenvalue weighted by Gasteiger charge is 2.20. The van der Waals surface area contributed by atoms with Gasteiger partial charge in [0.15, 0.2) is 0 Å². The average molecular weight is 384 g/mol. The molecule has 0 aliphatic rings. The Morgan fingerprint density at radius 2 is 1.89 bits per heavy atom. The summed E-state index contributed by atoms with van der Waals surface area (Å²) in [7, 11) is 1.64. The van der Waals surface area contributed by atoms with Gasteiger partial charge in [0, 0.05) is 12.7 Å². The predicted molar refractivity (Wildman–Crippen MR) is 114 cm³/mol. The summed E-state index contributed by atoms with van der Waals surface area (Å²) < 4.78 is 5.31. The molecular weight excluding hydrogens is 350 g/mol. The molecule has 0 unspecified atom stereocenters. The Morgan fingerprint density at radius 1 is 1.14 bits per heavy atom. The molecule has 0 saturated carbocycles. The van der Waals surface area contributed by atoms with Gasteiger partial charge in [-0.1, -0.05) is 74.2 Å². The molecular formula is C24H33NO3. The van der Waals surface area contributed by atoms with Crippen LogP contribution in [0, 0.1) is 6.92 Å². The average Bonchev–Trinajstić information content (AvgIpc) is 2.69. The van der Waals surface area contributed by atoms with Crippen LogP contribution in [0.25, 0.3) is 0 Å². The van der Waals surface area contributed by atoms with Crippen LogP contribution in [0.2, 0.25) is 0 Å². The van der Waals surface area contributed by atoms with E-state index >= 15 is 0 Å². The highest BCUT2D eigenvalue weighted by Crippen LogP contribution is 2.25. The third-order valence-corrected chi connectivity index (χ3v) is 4.92. The van der Waals surface area contributed by atoms with Crippen molar-refractivity contribution in [3.8, 4) is 0 Å².